The minimum absolute atomic E-state index is 0.168. The number of carbonyl (C=O) groups excluding carboxylic acids is 1. The molecule has 2 heterocycles. The molecule has 198 valence electrons. The lowest BCUT2D eigenvalue weighted by Crippen LogP contribution is -2.42. The summed E-state index contributed by atoms with van der Waals surface area (Å²) in [4.78, 5) is 19.9. The number of rotatable bonds is 11. The monoisotopic (exact) mass is 526 g/mol. The number of hydrogen-bond donors (Lipinski definition) is 1. The van der Waals surface area contributed by atoms with Crippen LogP contribution < -0.4 is 4.74 Å². The molecule has 0 radical (unpaired) electrons. The predicted molar refractivity (Wildman–Crippen MR) is 144 cm³/mol. The lowest BCUT2D eigenvalue weighted by molar-refractivity contribution is -0.142. The molecule has 1 aliphatic rings. The number of aliphatic hydroxyl groups is 1. The van der Waals surface area contributed by atoms with Gasteiger partial charge in [-0.05, 0) is 85.7 Å². The van der Waals surface area contributed by atoms with Gasteiger partial charge in [0.1, 0.15) is 11.6 Å². The van der Waals surface area contributed by atoms with Crippen LogP contribution in [0.25, 0.3) is 10.9 Å². The van der Waals surface area contributed by atoms with E-state index in [4.69, 9.17) is 9.47 Å². The standard InChI is InChI=1S/C29H35FN2O4S/c1-35-23-7-8-27-26(18-23)25(10-12-31-27)28(33)9-6-20-11-13-32(19-21(20)16-29(34)36-2)14-15-37-24-5-3-4-22(30)17-24/h3-5,7-8,10,12,17-18,20-21,28,33H,6,9,11,13-16,19H2,1-2H3/t20-,21+,28?/m1/s1. The van der Waals surface area contributed by atoms with E-state index in [9.17, 15) is 14.3 Å². The number of thioether (sulfide) groups is 1. The largest absolute Gasteiger partial charge is 0.497 e. The molecule has 0 saturated carbocycles. The molecule has 1 saturated heterocycles. The Morgan fingerprint density at radius 1 is 1.22 bits per heavy atom. The van der Waals surface area contributed by atoms with E-state index in [0.29, 0.717) is 18.8 Å². The molecule has 0 aliphatic carbocycles. The number of halogens is 1. The highest BCUT2D eigenvalue weighted by Gasteiger charge is 2.31. The molecule has 0 spiro atoms. The third kappa shape index (κ3) is 7.43. The molecular formula is C29H35FN2O4S. The van der Waals surface area contributed by atoms with Crippen molar-refractivity contribution in [2.75, 3.05) is 39.6 Å². The number of hydrogen-bond acceptors (Lipinski definition) is 7. The number of piperidine rings is 1. The number of pyridine rings is 1. The van der Waals surface area contributed by atoms with Gasteiger partial charge < -0.3 is 19.5 Å². The molecule has 1 N–H and O–H groups in total. The van der Waals surface area contributed by atoms with Crippen LogP contribution in [-0.2, 0) is 9.53 Å². The molecule has 3 aromatic rings. The van der Waals surface area contributed by atoms with Crippen molar-refractivity contribution in [2.24, 2.45) is 11.8 Å². The van der Waals surface area contributed by atoms with Crippen LogP contribution >= 0.6 is 11.8 Å². The van der Waals surface area contributed by atoms with Crippen LogP contribution in [0, 0.1) is 17.7 Å². The van der Waals surface area contributed by atoms with E-state index < -0.39 is 6.10 Å². The highest BCUT2D eigenvalue weighted by atomic mass is 32.2. The van der Waals surface area contributed by atoms with Gasteiger partial charge in [-0.15, -0.1) is 11.8 Å². The summed E-state index contributed by atoms with van der Waals surface area (Å²) in [6, 6.07) is 14.2. The van der Waals surface area contributed by atoms with Gasteiger partial charge in [-0.1, -0.05) is 6.07 Å². The molecule has 0 amide bonds. The fourth-order valence-electron chi connectivity index (χ4n) is 5.21. The maximum absolute atomic E-state index is 13.5. The Hall–Kier alpha value is -2.68. The average Bonchev–Trinajstić information content (AvgIpc) is 2.91. The van der Waals surface area contributed by atoms with Crippen molar-refractivity contribution < 1.29 is 23.8 Å². The average molecular weight is 527 g/mol. The van der Waals surface area contributed by atoms with Crippen molar-refractivity contribution in [1.82, 2.24) is 9.88 Å². The van der Waals surface area contributed by atoms with Gasteiger partial charge in [0.2, 0.25) is 0 Å². The van der Waals surface area contributed by atoms with Gasteiger partial charge in [-0.2, -0.15) is 0 Å². The molecule has 2 aromatic carbocycles. The van der Waals surface area contributed by atoms with Crippen LogP contribution in [0.1, 0.15) is 37.4 Å². The quantitative estimate of drug-likeness (QED) is 0.262. The van der Waals surface area contributed by atoms with E-state index in [1.54, 1.807) is 37.2 Å². The predicted octanol–water partition coefficient (Wildman–Crippen LogP) is 5.49. The fourth-order valence-corrected chi connectivity index (χ4v) is 6.16. The van der Waals surface area contributed by atoms with Crippen molar-refractivity contribution in [1.29, 1.82) is 0 Å². The minimum Gasteiger partial charge on any atom is -0.497 e. The van der Waals surface area contributed by atoms with Crippen LogP contribution in [0.15, 0.2) is 59.6 Å². The molecular weight excluding hydrogens is 491 g/mol. The van der Waals surface area contributed by atoms with E-state index in [2.05, 4.69) is 9.88 Å². The number of benzene rings is 2. The summed E-state index contributed by atoms with van der Waals surface area (Å²) in [5, 5.41) is 12.0. The first-order valence-corrected chi connectivity index (χ1v) is 13.7. The second-order valence-electron chi connectivity index (χ2n) is 9.57. The number of nitrogens with zero attached hydrogens (tertiary/aromatic N) is 2. The van der Waals surface area contributed by atoms with E-state index >= 15 is 0 Å². The third-order valence-electron chi connectivity index (χ3n) is 7.26. The summed E-state index contributed by atoms with van der Waals surface area (Å²) in [7, 11) is 3.06. The topological polar surface area (TPSA) is 71.9 Å². The molecule has 8 heteroatoms. The first kappa shape index (κ1) is 27.4. The number of likely N-dealkylation sites (tertiary alicyclic amines) is 1. The number of aliphatic hydroxyl groups excluding tert-OH is 1. The van der Waals surface area contributed by atoms with Gasteiger partial charge >= 0.3 is 5.97 Å². The van der Waals surface area contributed by atoms with E-state index in [0.717, 1.165) is 65.3 Å². The Labute approximate surface area is 222 Å². The normalized spacial score (nSPS) is 19.0. The zero-order chi connectivity index (χ0) is 26.2. The van der Waals surface area contributed by atoms with Crippen LogP contribution in [0.3, 0.4) is 0 Å². The third-order valence-corrected chi connectivity index (χ3v) is 8.23. The molecule has 6 nitrogen and oxygen atoms in total. The van der Waals surface area contributed by atoms with Crippen LogP contribution in [0.5, 0.6) is 5.75 Å². The Morgan fingerprint density at radius 2 is 2.08 bits per heavy atom. The van der Waals surface area contributed by atoms with Crippen molar-refractivity contribution in [2.45, 2.75) is 36.7 Å². The smallest absolute Gasteiger partial charge is 0.305 e. The number of fused-ring (bicyclic) bond motifs is 1. The summed E-state index contributed by atoms with van der Waals surface area (Å²) in [6.45, 7) is 2.63. The fraction of sp³-hybridized carbons (Fsp3) is 0.448. The number of methoxy groups -OCH3 is 2. The van der Waals surface area contributed by atoms with Crippen LogP contribution in [-0.4, -0.2) is 60.6 Å². The van der Waals surface area contributed by atoms with E-state index in [-0.39, 0.29) is 17.7 Å². The summed E-state index contributed by atoms with van der Waals surface area (Å²) in [5.41, 5.74) is 1.67. The molecule has 0 bridgehead atoms. The highest BCUT2D eigenvalue weighted by Crippen LogP contribution is 2.35. The number of carbonyl (C=O) groups is 1. The summed E-state index contributed by atoms with van der Waals surface area (Å²) < 4.78 is 23.8. The van der Waals surface area contributed by atoms with Crippen molar-refractivity contribution in [3.05, 3.63) is 66.1 Å². The number of esters is 1. The lowest BCUT2D eigenvalue weighted by Gasteiger charge is -2.38. The van der Waals surface area contributed by atoms with Gasteiger partial charge in [-0.25, -0.2) is 4.39 Å². The lowest BCUT2D eigenvalue weighted by atomic mass is 9.79. The second kappa shape index (κ2) is 13.2. The van der Waals surface area contributed by atoms with Gasteiger partial charge in [0.15, 0.2) is 0 Å². The van der Waals surface area contributed by atoms with E-state index in [1.165, 1.54) is 13.2 Å². The zero-order valence-electron chi connectivity index (χ0n) is 21.4. The Bertz CT molecular complexity index is 1190. The number of ether oxygens (including phenoxy) is 2. The second-order valence-corrected chi connectivity index (χ2v) is 10.7. The first-order valence-electron chi connectivity index (χ1n) is 12.7. The Balaban J connectivity index is 1.36. The van der Waals surface area contributed by atoms with Crippen molar-refractivity contribution in [3.63, 3.8) is 0 Å². The molecule has 1 unspecified atom stereocenters. The van der Waals surface area contributed by atoms with Crippen LogP contribution in [0.2, 0.25) is 0 Å². The molecule has 1 aromatic heterocycles. The highest BCUT2D eigenvalue weighted by molar-refractivity contribution is 7.99. The van der Waals surface area contributed by atoms with Crippen molar-refractivity contribution >= 4 is 28.6 Å². The van der Waals surface area contributed by atoms with Gasteiger partial charge in [0.05, 0.1) is 25.8 Å². The number of aromatic nitrogens is 1. The first-order chi connectivity index (χ1) is 18.0. The molecule has 37 heavy (non-hydrogen) atoms. The molecule has 4 rings (SSSR count). The molecule has 3 atom stereocenters. The maximum atomic E-state index is 13.5. The van der Waals surface area contributed by atoms with Crippen LogP contribution in [0.4, 0.5) is 4.39 Å². The maximum Gasteiger partial charge on any atom is 0.305 e. The SMILES string of the molecule is COC(=O)C[C@H]1CN(CCSc2cccc(F)c2)CC[C@H]1CCC(O)c1ccnc2ccc(OC)cc12. The summed E-state index contributed by atoms with van der Waals surface area (Å²) in [6.07, 6.45) is 3.87. The zero-order valence-corrected chi connectivity index (χ0v) is 22.3. The molecule has 1 fully saturated rings. The van der Waals surface area contributed by atoms with Gasteiger partial charge in [0.25, 0.3) is 0 Å². The Morgan fingerprint density at radius 3 is 2.86 bits per heavy atom. The van der Waals surface area contributed by atoms with Gasteiger partial charge in [0, 0.05) is 41.7 Å². The Kier molecular flexibility index (Phi) is 9.77. The van der Waals surface area contributed by atoms with E-state index in [1.807, 2.05) is 30.3 Å². The minimum atomic E-state index is -0.628. The van der Waals surface area contributed by atoms with Gasteiger partial charge in [-0.3, -0.25) is 9.78 Å². The molecule has 1 aliphatic heterocycles. The summed E-state index contributed by atoms with van der Waals surface area (Å²) >= 11 is 1.64. The summed E-state index contributed by atoms with van der Waals surface area (Å²) in [5.74, 6) is 1.67. The van der Waals surface area contributed by atoms with Crippen molar-refractivity contribution in [3.8, 4) is 5.75 Å².